The Labute approximate surface area is 70.0 Å². The molecule has 12 heavy (non-hydrogen) atoms. The zero-order valence-electron chi connectivity index (χ0n) is 7.07. The van der Waals surface area contributed by atoms with E-state index in [0.29, 0.717) is 5.82 Å². The van der Waals surface area contributed by atoms with Crippen molar-refractivity contribution < 1.29 is 0 Å². The Kier molecular flexibility index (Phi) is 1.30. The number of rotatable bonds is 0. The minimum atomic E-state index is 0.545. The van der Waals surface area contributed by atoms with Gasteiger partial charge in [-0.05, 0) is 19.9 Å². The fraction of sp³-hybridized carbons (Fsp3) is 0.250. The number of anilines is 1. The Balaban J connectivity index is 2.97. The molecule has 2 heterocycles. The van der Waals surface area contributed by atoms with Gasteiger partial charge in [0.2, 0.25) is 0 Å². The first kappa shape index (κ1) is 7.09. The molecule has 0 bridgehead atoms. The highest BCUT2D eigenvalue weighted by molar-refractivity contribution is 5.54. The van der Waals surface area contributed by atoms with Gasteiger partial charge in [0.1, 0.15) is 5.82 Å². The van der Waals surface area contributed by atoms with Crippen LogP contribution in [0.1, 0.15) is 11.4 Å². The Morgan fingerprint density at radius 2 is 2.17 bits per heavy atom. The number of aryl methyl sites for hydroxylation is 2. The Morgan fingerprint density at radius 1 is 1.42 bits per heavy atom. The molecule has 0 saturated carbocycles. The van der Waals surface area contributed by atoms with Crippen molar-refractivity contribution in [2.45, 2.75) is 13.8 Å². The summed E-state index contributed by atoms with van der Waals surface area (Å²) in [6, 6.07) is 1.93. The lowest BCUT2D eigenvalue weighted by Crippen LogP contribution is -2.04. The molecule has 0 aliphatic heterocycles. The summed E-state index contributed by atoms with van der Waals surface area (Å²) in [5.41, 5.74) is 8.49. The molecule has 2 aromatic rings. The third-order valence-electron chi connectivity index (χ3n) is 1.99. The molecule has 0 amide bonds. The summed E-state index contributed by atoms with van der Waals surface area (Å²) >= 11 is 0. The molecular formula is C8H10N4. The van der Waals surface area contributed by atoms with Gasteiger partial charge in [-0.3, -0.25) is 0 Å². The van der Waals surface area contributed by atoms with Crippen LogP contribution in [0.15, 0.2) is 12.3 Å². The average Bonchev–Trinajstić information content (AvgIpc) is 2.48. The molecule has 0 spiro atoms. The van der Waals surface area contributed by atoms with Crippen LogP contribution in [0.25, 0.3) is 5.52 Å². The number of fused-ring (bicyclic) bond motifs is 1. The van der Waals surface area contributed by atoms with Gasteiger partial charge in [0, 0.05) is 0 Å². The van der Waals surface area contributed by atoms with Gasteiger partial charge < -0.3 is 5.73 Å². The molecule has 2 rings (SSSR count). The van der Waals surface area contributed by atoms with Crippen molar-refractivity contribution in [3.05, 3.63) is 23.7 Å². The average molecular weight is 162 g/mol. The van der Waals surface area contributed by atoms with Crippen LogP contribution < -0.4 is 5.73 Å². The van der Waals surface area contributed by atoms with Crippen molar-refractivity contribution in [3.8, 4) is 0 Å². The zero-order valence-corrected chi connectivity index (χ0v) is 7.07. The highest BCUT2D eigenvalue weighted by Crippen LogP contribution is 2.13. The second kappa shape index (κ2) is 2.20. The van der Waals surface area contributed by atoms with Gasteiger partial charge in [-0.15, -0.1) is 0 Å². The third-order valence-corrected chi connectivity index (χ3v) is 1.99. The quantitative estimate of drug-likeness (QED) is 0.627. The first-order valence-electron chi connectivity index (χ1n) is 3.76. The summed E-state index contributed by atoms with van der Waals surface area (Å²) in [5.74, 6) is 0.545. The standard InChI is InChI=1S/C8H10N4/c1-5-7-3-4-10-12(7)6(2)8(9)11-5/h3-4H,9H2,1-2H3. The first-order valence-corrected chi connectivity index (χ1v) is 3.76. The number of aromatic nitrogens is 3. The Morgan fingerprint density at radius 3 is 2.92 bits per heavy atom. The smallest absolute Gasteiger partial charge is 0.145 e. The molecular weight excluding hydrogens is 152 g/mol. The molecule has 0 aliphatic carbocycles. The minimum absolute atomic E-state index is 0.545. The van der Waals surface area contributed by atoms with Crippen LogP contribution in [0.3, 0.4) is 0 Å². The monoisotopic (exact) mass is 162 g/mol. The van der Waals surface area contributed by atoms with Gasteiger partial charge in [0.25, 0.3) is 0 Å². The van der Waals surface area contributed by atoms with Crippen LogP contribution in [0.5, 0.6) is 0 Å². The summed E-state index contributed by atoms with van der Waals surface area (Å²) in [6.45, 7) is 3.83. The third kappa shape index (κ3) is 0.777. The van der Waals surface area contributed by atoms with Crippen LogP contribution >= 0.6 is 0 Å². The molecule has 4 nitrogen and oxygen atoms in total. The summed E-state index contributed by atoms with van der Waals surface area (Å²) in [7, 11) is 0. The van der Waals surface area contributed by atoms with Gasteiger partial charge in [0.15, 0.2) is 0 Å². The molecule has 0 saturated heterocycles. The molecule has 4 heteroatoms. The zero-order chi connectivity index (χ0) is 8.72. The van der Waals surface area contributed by atoms with Crippen molar-refractivity contribution >= 4 is 11.3 Å². The number of hydrogen-bond donors (Lipinski definition) is 1. The van der Waals surface area contributed by atoms with Gasteiger partial charge in [0.05, 0.1) is 23.1 Å². The summed E-state index contributed by atoms with van der Waals surface area (Å²) < 4.78 is 1.80. The lowest BCUT2D eigenvalue weighted by Gasteiger charge is -2.04. The highest BCUT2D eigenvalue weighted by Gasteiger charge is 2.04. The van der Waals surface area contributed by atoms with Crippen molar-refractivity contribution in [1.29, 1.82) is 0 Å². The molecule has 0 aliphatic rings. The van der Waals surface area contributed by atoms with E-state index in [9.17, 15) is 0 Å². The van der Waals surface area contributed by atoms with E-state index in [1.807, 2.05) is 19.9 Å². The Hall–Kier alpha value is -1.58. The van der Waals surface area contributed by atoms with Crippen LogP contribution in [0.2, 0.25) is 0 Å². The molecule has 62 valence electrons. The van der Waals surface area contributed by atoms with E-state index in [2.05, 4.69) is 10.1 Å². The largest absolute Gasteiger partial charge is 0.382 e. The summed E-state index contributed by atoms with van der Waals surface area (Å²) in [4.78, 5) is 4.19. The molecule has 2 aromatic heterocycles. The van der Waals surface area contributed by atoms with Crippen LogP contribution in [0.4, 0.5) is 5.82 Å². The molecule has 0 aromatic carbocycles. The number of nitrogen functional groups attached to an aromatic ring is 1. The van der Waals surface area contributed by atoms with E-state index < -0.39 is 0 Å². The van der Waals surface area contributed by atoms with Crippen LogP contribution in [-0.4, -0.2) is 14.6 Å². The summed E-state index contributed by atoms with van der Waals surface area (Å²) in [5, 5.41) is 4.14. The van der Waals surface area contributed by atoms with Crippen molar-refractivity contribution in [2.24, 2.45) is 0 Å². The van der Waals surface area contributed by atoms with Crippen molar-refractivity contribution in [1.82, 2.24) is 14.6 Å². The van der Waals surface area contributed by atoms with Crippen molar-refractivity contribution in [3.63, 3.8) is 0 Å². The fourth-order valence-corrected chi connectivity index (χ4v) is 1.27. The highest BCUT2D eigenvalue weighted by atomic mass is 15.2. The maximum absolute atomic E-state index is 5.67. The van der Waals surface area contributed by atoms with Gasteiger partial charge in [-0.1, -0.05) is 0 Å². The minimum Gasteiger partial charge on any atom is -0.382 e. The first-order chi connectivity index (χ1) is 5.70. The molecule has 0 fully saturated rings. The van der Waals surface area contributed by atoms with Crippen molar-refractivity contribution in [2.75, 3.05) is 5.73 Å². The number of nitrogens with two attached hydrogens (primary N) is 1. The van der Waals surface area contributed by atoms with Crippen LogP contribution in [-0.2, 0) is 0 Å². The topological polar surface area (TPSA) is 56.2 Å². The van der Waals surface area contributed by atoms with Gasteiger partial charge in [-0.25, -0.2) is 9.50 Å². The maximum Gasteiger partial charge on any atom is 0.145 e. The van der Waals surface area contributed by atoms with E-state index in [0.717, 1.165) is 16.9 Å². The van der Waals surface area contributed by atoms with E-state index in [1.165, 1.54) is 0 Å². The fourth-order valence-electron chi connectivity index (χ4n) is 1.27. The normalized spacial score (nSPS) is 10.8. The maximum atomic E-state index is 5.67. The van der Waals surface area contributed by atoms with Gasteiger partial charge >= 0.3 is 0 Å². The molecule has 0 radical (unpaired) electrons. The number of hydrogen-bond acceptors (Lipinski definition) is 3. The SMILES string of the molecule is Cc1nc(N)c(C)n2nccc12. The predicted molar refractivity (Wildman–Crippen MR) is 46.9 cm³/mol. The van der Waals surface area contributed by atoms with E-state index in [-0.39, 0.29) is 0 Å². The second-order valence-electron chi connectivity index (χ2n) is 2.80. The molecule has 2 N–H and O–H groups in total. The molecule has 0 unspecified atom stereocenters. The number of nitrogens with zero attached hydrogens (tertiary/aromatic N) is 3. The van der Waals surface area contributed by atoms with E-state index in [1.54, 1.807) is 10.7 Å². The van der Waals surface area contributed by atoms with E-state index in [4.69, 9.17) is 5.73 Å². The molecule has 0 atom stereocenters. The Bertz CT molecular complexity index is 430. The van der Waals surface area contributed by atoms with Gasteiger partial charge in [-0.2, -0.15) is 5.10 Å². The van der Waals surface area contributed by atoms with E-state index >= 15 is 0 Å². The summed E-state index contributed by atoms with van der Waals surface area (Å²) in [6.07, 6.45) is 1.75. The van der Waals surface area contributed by atoms with Crippen LogP contribution in [0, 0.1) is 13.8 Å². The lowest BCUT2D eigenvalue weighted by molar-refractivity contribution is 0.894. The lowest BCUT2D eigenvalue weighted by atomic mass is 10.3. The predicted octanol–water partition coefficient (Wildman–Crippen LogP) is 0.928. The second-order valence-corrected chi connectivity index (χ2v) is 2.80.